The SMILES string of the molecule is Cc1ccc(C(=O)Nc2c(N)cc(Br)cc2Br)c(C)c1. The molecule has 2 aromatic rings. The van der Waals surface area contributed by atoms with E-state index in [0.717, 1.165) is 20.1 Å². The summed E-state index contributed by atoms with van der Waals surface area (Å²) in [6.45, 7) is 3.92. The molecule has 0 aliphatic heterocycles. The predicted molar refractivity (Wildman–Crippen MR) is 90.1 cm³/mol. The van der Waals surface area contributed by atoms with Crippen LogP contribution >= 0.6 is 31.9 Å². The van der Waals surface area contributed by atoms with E-state index in [9.17, 15) is 4.79 Å². The van der Waals surface area contributed by atoms with Crippen LogP contribution in [0.5, 0.6) is 0 Å². The van der Waals surface area contributed by atoms with E-state index >= 15 is 0 Å². The maximum Gasteiger partial charge on any atom is 0.256 e. The van der Waals surface area contributed by atoms with Gasteiger partial charge in [-0.05, 0) is 53.5 Å². The Labute approximate surface area is 134 Å². The van der Waals surface area contributed by atoms with Gasteiger partial charge in [-0.1, -0.05) is 33.6 Å². The summed E-state index contributed by atoms with van der Waals surface area (Å²) in [4.78, 5) is 12.3. The zero-order chi connectivity index (χ0) is 14.9. The Hall–Kier alpha value is -1.33. The van der Waals surface area contributed by atoms with Gasteiger partial charge in [0.25, 0.3) is 5.91 Å². The van der Waals surface area contributed by atoms with E-state index < -0.39 is 0 Å². The van der Waals surface area contributed by atoms with Crippen LogP contribution in [-0.4, -0.2) is 5.91 Å². The van der Waals surface area contributed by atoms with Gasteiger partial charge in [-0.3, -0.25) is 4.79 Å². The molecule has 0 aromatic heterocycles. The van der Waals surface area contributed by atoms with Gasteiger partial charge in [0, 0.05) is 14.5 Å². The summed E-state index contributed by atoms with van der Waals surface area (Å²) in [7, 11) is 0. The van der Waals surface area contributed by atoms with Crippen molar-refractivity contribution in [3.8, 4) is 0 Å². The van der Waals surface area contributed by atoms with Crippen LogP contribution in [0.3, 0.4) is 0 Å². The standard InChI is InChI=1S/C15H14Br2N2O/c1-8-3-4-11(9(2)5-8)15(20)19-14-12(17)6-10(16)7-13(14)18/h3-7H,18H2,1-2H3,(H,19,20). The molecule has 0 atom stereocenters. The van der Waals surface area contributed by atoms with Crippen molar-refractivity contribution in [3.63, 3.8) is 0 Å². The molecule has 0 aliphatic rings. The number of anilines is 2. The molecule has 0 saturated heterocycles. The minimum atomic E-state index is -0.169. The van der Waals surface area contributed by atoms with Crippen LogP contribution in [0.2, 0.25) is 0 Å². The van der Waals surface area contributed by atoms with Crippen LogP contribution in [0.1, 0.15) is 21.5 Å². The first kappa shape index (κ1) is 15.1. The van der Waals surface area contributed by atoms with Crippen LogP contribution in [-0.2, 0) is 0 Å². The average Bonchev–Trinajstić information content (AvgIpc) is 2.33. The topological polar surface area (TPSA) is 55.1 Å². The molecule has 0 saturated carbocycles. The van der Waals surface area contributed by atoms with Crippen molar-refractivity contribution in [2.75, 3.05) is 11.1 Å². The molecule has 1 amide bonds. The van der Waals surface area contributed by atoms with Crippen LogP contribution in [0.15, 0.2) is 39.3 Å². The lowest BCUT2D eigenvalue weighted by molar-refractivity contribution is 0.102. The number of carbonyl (C=O) groups excluding carboxylic acids is 1. The van der Waals surface area contributed by atoms with Gasteiger partial charge in [0.1, 0.15) is 0 Å². The summed E-state index contributed by atoms with van der Waals surface area (Å²) in [5, 5.41) is 2.85. The Balaban J connectivity index is 2.33. The average molecular weight is 398 g/mol. The summed E-state index contributed by atoms with van der Waals surface area (Å²) in [6, 6.07) is 9.32. The second-order valence-electron chi connectivity index (χ2n) is 4.62. The molecule has 0 heterocycles. The fourth-order valence-corrected chi connectivity index (χ4v) is 3.33. The molecule has 2 rings (SSSR count). The molecular formula is C15H14Br2N2O. The fraction of sp³-hybridized carbons (Fsp3) is 0.133. The van der Waals surface area contributed by atoms with E-state index in [2.05, 4.69) is 37.2 Å². The second-order valence-corrected chi connectivity index (χ2v) is 6.39. The number of carbonyl (C=O) groups is 1. The van der Waals surface area contributed by atoms with Crippen molar-refractivity contribution in [2.45, 2.75) is 13.8 Å². The van der Waals surface area contributed by atoms with Crippen LogP contribution < -0.4 is 11.1 Å². The highest BCUT2D eigenvalue weighted by Crippen LogP contribution is 2.33. The van der Waals surface area contributed by atoms with Crippen molar-refractivity contribution in [1.29, 1.82) is 0 Å². The Kier molecular flexibility index (Phi) is 4.50. The van der Waals surface area contributed by atoms with Crippen LogP contribution in [0, 0.1) is 13.8 Å². The third-order valence-electron chi connectivity index (χ3n) is 2.95. The number of amides is 1. The first-order chi connectivity index (χ1) is 9.38. The van der Waals surface area contributed by atoms with E-state index in [1.807, 2.05) is 38.1 Å². The highest BCUT2D eigenvalue weighted by Gasteiger charge is 2.13. The number of nitrogens with two attached hydrogens (primary N) is 1. The number of hydrogen-bond acceptors (Lipinski definition) is 2. The molecule has 0 radical (unpaired) electrons. The monoisotopic (exact) mass is 396 g/mol. The molecule has 3 N–H and O–H groups in total. The maximum absolute atomic E-state index is 12.3. The number of benzene rings is 2. The maximum atomic E-state index is 12.3. The van der Waals surface area contributed by atoms with Crippen LogP contribution in [0.4, 0.5) is 11.4 Å². The third kappa shape index (κ3) is 3.22. The molecular weight excluding hydrogens is 384 g/mol. The van der Waals surface area contributed by atoms with Gasteiger partial charge in [0.2, 0.25) is 0 Å². The minimum Gasteiger partial charge on any atom is -0.397 e. The summed E-state index contributed by atoms with van der Waals surface area (Å²) < 4.78 is 1.59. The summed E-state index contributed by atoms with van der Waals surface area (Å²) in [6.07, 6.45) is 0. The lowest BCUT2D eigenvalue weighted by Gasteiger charge is -2.12. The largest absolute Gasteiger partial charge is 0.397 e. The fourth-order valence-electron chi connectivity index (χ4n) is 1.97. The van der Waals surface area contributed by atoms with Gasteiger partial charge in [0.05, 0.1) is 11.4 Å². The van der Waals surface area contributed by atoms with E-state index in [4.69, 9.17) is 5.73 Å². The van der Waals surface area contributed by atoms with Crippen molar-refractivity contribution in [2.24, 2.45) is 0 Å². The van der Waals surface area contributed by atoms with E-state index in [-0.39, 0.29) is 5.91 Å². The van der Waals surface area contributed by atoms with Gasteiger partial charge >= 0.3 is 0 Å². The third-order valence-corrected chi connectivity index (χ3v) is 4.03. The molecule has 3 nitrogen and oxygen atoms in total. The number of nitrogens with one attached hydrogen (secondary N) is 1. The zero-order valence-electron chi connectivity index (χ0n) is 11.1. The van der Waals surface area contributed by atoms with Gasteiger partial charge < -0.3 is 11.1 Å². The molecule has 2 aromatic carbocycles. The molecule has 0 bridgehead atoms. The summed E-state index contributed by atoms with van der Waals surface area (Å²) in [5.74, 6) is -0.169. The summed E-state index contributed by atoms with van der Waals surface area (Å²) >= 11 is 6.76. The van der Waals surface area contributed by atoms with Crippen LogP contribution in [0.25, 0.3) is 0 Å². The quantitative estimate of drug-likeness (QED) is 0.723. The van der Waals surface area contributed by atoms with Gasteiger partial charge in [-0.25, -0.2) is 0 Å². The Morgan fingerprint density at radius 2 is 1.85 bits per heavy atom. The Morgan fingerprint density at radius 3 is 2.45 bits per heavy atom. The van der Waals surface area contributed by atoms with Crippen molar-refractivity contribution in [1.82, 2.24) is 0 Å². The molecule has 0 aliphatic carbocycles. The number of hydrogen-bond donors (Lipinski definition) is 2. The van der Waals surface area contributed by atoms with Gasteiger partial charge in [-0.2, -0.15) is 0 Å². The zero-order valence-corrected chi connectivity index (χ0v) is 14.3. The van der Waals surface area contributed by atoms with Crippen molar-refractivity contribution < 1.29 is 4.79 Å². The number of nitrogen functional groups attached to an aromatic ring is 1. The van der Waals surface area contributed by atoms with E-state index in [0.29, 0.717) is 16.9 Å². The molecule has 5 heteroatoms. The van der Waals surface area contributed by atoms with Crippen molar-refractivity contribution in [3.05, 3.63) is 56.0 Å². The molecule has 0 fully saturated rings. The molecule has 0 unspecified atom stereocenters. The minimum absolute atomic E-state index is 0.169. The molecule has 20 heavy (non-hydrogen) atoms. The highest BCUT2D eigenvalue weighted by atomic mass is 79.9. The number of aryl methyl sites for hydroxylation is 2. The lowest BCUT2D eigenvalue weighted by Crippen LogP contribution is -2.15. The number of halogens is 2. The van der Waals surface area contributed by atoms with E-state index in [1.165, 1.54) is 0 Å². The van der Waals surface area contributed by atoms with Gasteiger partial charge in [0.15, 0.2) is 0 Å². The summed E-state index contributed by atoms with van der Waals surface area (Å²) in [5.41, 5.74) is 9.73. The Bertz CT molecular complexity index is 661. The molecule has 0 spiro atoms. The number of rotatable bonds is 2. The second kappa shape index (κ2) is 5.97. The molecule has 104 valence electrons. The highest BCUT2D eigenvalue weighted by molar-refractivity contribution is 9.11. The normalized spacial score (nSPS) is 10.4. The first-order valence-electron chi connectivity index (χ1n) is 6.01. The smallest absolute Gasteiger partial charge is 0.256 e. The van der Waals surface area contributed by atoms with Gasteiger partial charge in [-0.15, -0.1) is 0 Å². The van der Waals surface area contributed by atoms with Crippen molar-refractivity contribution >= 4 is 49.1 Å². The Morgan fingerprint density at radius 1 is 1.15 bits per heavy atom. The first-order valence-corrected chi connectivity index (χ1v) is 7.60. The predicted octanol–water partition coefficient (Wildman–Crippen LogP) is 4.66. The van der Waals surface area contributed by atoms with E-state index in [1.54, 1.807) is 6.07 Å². The lowest BCUT2D eigenvalue weighted by atomic mass is 10.1.